The molecule has 0 radical (unpaired) electrons. The van der Waals surface area contributed by atoms with Gasteiger partial charge in [-0.15, -0.1) is 0 Å². The molecule has 0 aliphatic heterocycles. The first-order valence-electron chi connectivity index (χ1n) is 8.24. The molecule has 0 heterocycles. The van der Waals surface area contributed by atoms with Gasteiger partial charge in [-0.25, -0.2) is 0 Å². The molecule has 0 unspecified atom stereocenters. The van der Waals surface area contributed by atoms with Crippen molar-refractivity contribution in [2.24, 2.45) is 5.92 Å². The SMILES string of the molecule is Cc1cc(C)c(NC(=O)c2cccc(NC(=O)C3CC3)c2)c(C)c1. The highest BCUT2D eigenvalue weighted by Gasteiger charge is 2.29. The molecular formula is C20H22N2O2. The maximum absolute atomic E-state index is 12.6. The molecule has 0 aromatic heterocycles. The van der Waals surface area contributed by atoms with Crippen LogP contribution in [-0.4, -0.2) is 11.8 Å². The van der Waals surface area contributed by atoms with Crippen LogP contribution in [-0.2, 0) is 4.79 Å². The second-order valence-corrected chi connectivity index (χ2v) is 6.57. The maximum atomic E-state index is 12.6. The number of anilines is 2. The third-order valence-electron chi connectivity index (χ3n) is 4.26. The lowest BCUT2D eigenvalue weighted by Gasteiger charge is -2.13. The van der Waals surface area contributed by atoms with Gasteiger partial charge < -0.3 is 10.6 Å². The van der Waals surface area contributed by atoms with Gasteiger partial charge in [-0.2, -0.15) is 0 Å². The predicted octanol–water partition coefficient (Wildman–Crippen LogP) is 4.21. The number of aryl methyl sites for hydroxylation is 3. The standard InChI is InChI=1S/C20H22N2O2/c1-12-9-13(2)18(14(3)10-12)22-20(24)16-5-4-6-17(11-16)21-19(23)15-7-8-15/h4-6,9-11,15H,7-8H2,1-3H3,(H,21,23)(H,22,24). The summed E-state index contributed by atoms with van der Waals surface area (Å²) in [6.45, 7) is 6.02. The minimum Gasteiger partial charge on any atom is -0.326 e. The Kier molecular flexibility index (Phi) is 4.38. The summed E-state index contributed by atoms with van der Waals surface area (Å²) in [6, 6.07) is 11.2. The van der Waals surface area contributed by atoms with Crippen LogP contribution in [0, 0.1) is 26.7 Å². The van der Waals surface area contributed by atoms with Crippen molar-refractivity contribution in [1.82, 2.24) is 0 Å². The molecule has 1 fully saturated rings. The molecule has 1 saturated carbocycles. The normalized spacial score (nSPS) is 13.5. The average molecular weight is 322 g/mol. The molecule has 2 aromatic carbocycles. The Morgan fingerprint density at radius 1 is 0.958 bits per heavy atom. The first-order valence-corrected chi connectivity index (χ1v) is 8.24. The van der Waals surface area contributed by atoms with Gasteiger partial charge in [0.05, 0.1) is 0 Å². The van der Waals surface area contributed by atoms with Gasteiger partial charge in [-0.1, -0.05) is 23.8 Å². The lowest BCUT2D eigenvalue weighted by molar-refractivity contribution is -0.117. The van der Waals surface area contributed by atoms with Crippen LogP contribution in [0.15, 0.2) is 36.4 Å². The zero-order valence-corrected chi connectivity index (χ0v) is 14.3. The summed E-state index contributed by atoms with van der Waals surface area (Å²) in [5, 5.41) is 5.86. The summed E-state index contributed by atoms with van der Waals surface area (Å²) in [5.74, 6) is 0.00527. The van der Waals surface area contributed by atoms with Gasteiger partial charge in [0.2, 0.25) is 5.91 Å². The van der Waals surface area contributed by atoms with E-state index < -0.39 is 0 Å². The second-order valence-electron chi connectivity index (χ2n) is 6.57. The molecule has 2 aromatic rings. The molecule has 124 valence electrons. The topological polar surface area (TPSA) is 58.2 Å². The van der Waals surface area contributed by atoms with E-state index in [1.54, 1.807) is 24.3 Å². The van der Waals surface area contributed by atoms with Crippen molar-refractivity contribution in [3.05, 3.63) is 58.7 Å². The number of amides is 2. The summed E-state index contributed by atoms with van der Waals surface area (Å²) in [6.07, 6.45) is 1.91. The Morgan fingerprint density at radius 2 is 1.62 bits per heavy atom. The fourth-order valence-corrected chi connectivity index (χ4v) is 2.89. The Labute approximate surface area is 142 Å². The number of nitrogens with one attached hydrogen (secondary N) is 2. The summed E-state index contributed by atoms with van der Waals surface area (Å²) in [7, 11) is 0. The zero-order chi connectivity index (χ0) is 17.3. The molecule has 1 aliphatic rings. The molecular weight excluding hydrogens is 300 g/mol. The molecule has 0 atom stereocenters. The Hall–Kier alpha value is -2.62. The first-order chi connectivity index (χ1) is 11.4. The molecule has 3 rings (SSSR count). The largest absolute Gasteiger partial charge is 0.326 e. The van der Waals surface area contributed by atoms with Gasteiger partial charge in [0.1, 0.15) is 0 Å². The average Bonchev–Trinajstić information content (AvgIpc) is 3.35. The molecule has 4 nitrogen and oxygen atoms in total. The quantitative estimate of drug-likeness (QED) is 0.886. The fourth-order valence-electron chi connectivity index (χ4n) is 2.89. The minimum atomic E-state index is -0.174. The maximum Gasteiger partial charge on any atom is 0.255 e. The van der Waals surface area contributed by atoms with Crippen molar-refractivity contribution in [2.75, 3.05) is 10.6 Å². The van der Waals surface area contributed by atoms with E-state index in [4.69, 9.17) is 0 Å². The van der Waals surface area contributed by atoms with Crippen LogP contribution in [0.2, 0.25) is 0 Å². The van der Waals surface area contributed by atoms with E-state index in [1.165, 1.54) is 5.56 Å². The highest BCUT2D eigenvalue weighted by atomic mass is 16.2. The van der Waals surface area contributed by atoms with Crippen molar-refractivity contribution in [3.63, 3.8) is 0 Å². The van der Waals surface area contributed by atoms with E-state index in [2.05, 4.69) is 22.8 Å². The van der Waals surface area contributed by atoms with Crippen LogP contribution < -0.4 is 10.6 Å². The zero-order valence-electron chi connectivity index (χ0n) is 14.3. The molecule has 0 bridgehead atoms. The Bertz CT molecular complexity index is 784. The van der Waals surface area contributed by atoms with Crippen LogP contribution >= 0.6 is 0 Å². The van der Waals surface area contributed by atoms with Crippen molar-refractivity contribution in [3.8, 4) is 0 Å². The smallest absolute Gasteiger partial charge is 0.255 e. The van der Waals surface area contributed by atoms with Crippen LogP contribution in [0.5, 0.6) is 0 Å². The van der Waals surface area contributed by atoms with Gasteiger partial charge in [-0.3, -0.25) is 9.59 Å². The number of hydrogen-bond donors (Lipinski definition) is 2. The highest BCUT2D eigenvalue weighted by Crippen LogP contribution is 2.30. The lowest BCUT2D eigenvalue weighted by atomic mass is 10.0. The van der Waals surface area contributed by atoms with E-state index in [0.29, 0.717) is 11.3 Å². The van der Waals surface area contributed by atoms with Crippen LogP contribution in [0.25, 0.3) is 0 Å². The van der Waals surface area contributed by atoms with Gasteiger partial charge in [0, 0.05) is 22.9 Å². The molecule has 0 spiro atoms. The van der Waals surface area contributed by atoms with Crippen LogP contribution in [0.3, 0.4) is 0 Å². The molecule has 2 N–H and O–H groups in total. The van der Waals surface area contributed by atoms with E-state index in [1.807, 2.05) is 20.8 Å². The van der Waals surface area contributed by atoms with Crippen LogP contribution in [0.4, 0.5) is 11.4 Å². The summed E-state index contributed by atoms with van der Waals surface area (Å²) < 4.78 is 0. The molecule has 24 heavy (non-hydrogen) atoms. The van der Waals surface area contributed by atoms with Crippen LogP contribution in [0.1, 0.15) is 39.9 Å². The summed E-state index contributed by atoms with van der Waals surface area (Å²) >= 11 is 0. The Morgan fingerprint density at radius 3 is 2.25 bits per heavy atom. The van der Waals surface area contributed by atoms with E-state index >= 15 is 0 Å². The highest BCUT2D eigenvalue weighted by molar-refractivity contribution is 6.06. The van der Waals surface area contributed by atoms with E-state index in [9.17, 15) is 9.59 Å². The Balaban J connectivity index is 1.76. The van der Waals surface area contributed by atoms with Gasteiger partial charge >= 0.3 is 0 Å². The summed E-state index contributed by atoms with van der Waals surface area (Å²) in [5.41, 5.74) is 5.30. The third kappa shape index (κ3) is 3.65. The van der Waals surface area contributed by atoms with Crippen molar-refractivity contribution in [2.45, 2.75) is 33.6 Å². The van der Waals surface area contributed by atoms with E-state index in [-0.39, 0.29) is 17.7 Å². The van der Waals surface area contributed by atoms with Gasteiger partial charge in [0.15, 0.2) is 0 Å². The number of carbonyl (C=O) groups excluding carboxylic acids is 2. The molecule has 1 aliphatic carbocycles. The molecule has 2 amide bonds. The van der Waals surface area contributed by atoms with Gasteiger partial charge in [0.25, 0.3) is 5.91 Å². The first kappa shape index (κ1) is 16.2. The van der Waals surface area contributed by atoms with E-state index in [0.717, 1.165) is 29.7 Å². The number of carbonyl (C=O) groups is 2. The monoisotopic (exact) mass is 322 g/mol. The lowest BCUT2D eigenvalue weighted by Crippen LogP contribution is -2.16. The van der Waals surface area contributed by atoms with Gasteiger partial charge in [-0.05, 0) is 62.9 Å². The number of rotatable bonds is 4. The predicted molar refractivity (Wildman–Crippen MR) is 96.4 cm³/mol. The fraction of sp³-hybridized carbons (Fsp3) is 0.300. The second kappa shape index (κ2) is 6.48. The van der Waals surface area contributed by atoms with Crippen molar-refractivity contribution >= 4 is 23.2 Å². The number of hydrogen-bond acceptors (Lipinski definition) is 2. The number of benzene rings is 2. The minimum absolute atomic E-state index is 0.0396. The molecule has 0 saturated heterocycles. The van der Waals surface area contributed by atoms with Crippen molar-refractivity contribution in [1.29, 1.82) is 0 Å². The third-order valence-corrected chi connectivity index (χ3v) is 4.26. The van der Waals surface area contributed by atoms with Crippen molar-refractivity contribution < 1.29 is 9.59 Å². The summed E-state index contributed by atoms with van der Waals surface area (Å²) in [4.78, 5) is 24.4. The molecule has 4 heteroatoms.